The van der Waals surface area contributed by atoms with Crippen molar-refractivity contribution in [1.29, 1.82) is 0 Å². The minimum atomic E-state index is -4.35. The molecule has 0 radical (unpaired) electrons. The monoisotopic (exact) mass is 399 g/mol. The first-order chi connectivity index (χ1) is 12.7. The highest BCUT2D eigenvalue weighted by Gasteiger charge is 2.30. The van der Waals surface area contributed by atoms with E-state index in [1.165, 1.54) is 19.3 Å². The second-order valence-electron chi connectivity index (χ2n) is 5.96. The quantitative estimate of drug-likeness (QED) is 0.446. The molecule has 144 valence electrons. The number of hydrogen-bond donors (Lipinski definition) is 0. The third-order valence-corrected chi connectivity index (χ3v) is 4.85. The number of aromatic nitrogens is 3. The standard InChI is InChI=1S/C17H16F3N3O3S/c1-9-6-13(10(2)23(9)8-17(18,19)20)14(24)7-27-16-22-21-15(26-16)12-4-5-25-11(12)3/h4-6H,7-8H2,1-3H3. The predicted molar refractivity (Wildman–Crippen MR) is 91.8 cm³/mol. The Morgan fingerprint density at radius 1 is 1.26 bits per heavy atom. The number of thioether (sulfide) groups is 1. The van der Waals surface area contributed by atoms with E-state index in [2.05, 4.69) is 10.2 Å². The number of hydrogen-bond acceptors (Lipinski definition) is 6. The van der Waals surface area contributed by atoms with Gasteiger partial charge in [0.2, 0.25) is 0 Å². The Kier molecular flexibility index (Phi) is 5.18. The Bertz CT molecular complexity index is 972. The van der Waals surface area contributed by atoms with Crippen LogP contribution in [0.2, 0.25) is 0 Å². The van der Waals surface area contributed by atoms with Gasteiger partial charge in [-0.05, 0) is 32.9 Å². The summed E-state index contributed by atoms with van der Waals surface area (Å²) in [7, 11) is 0. The number of Topliss-reactive ketones (excluding diaryl/α,β-unsaturated/α-hetero) is 1. The summed E-state index contributed by atoms with van der Waals surface area (Å²) in [6, 6.07) is 3.16. The van der Waals surface area contributed by atoms with Crippen LogP contribution >= 0.6 is 11.8 Å². The Morgan fingerprint density at radius 3 is 2.63 bits per heavy atom. The summed E-state index contributed by atoms with van der Waals surface area (Å²) in [6.45, 7) is 3.68. The van der Waals surface area contributed by atoms with Crippen LogP contribution in [0, 0.1) is 20.8 Å². The molecule has 6 nitrogen and oxygen atoms in total. The molecule has 0 N–H and O–H groups in total. The van der Waals surface area contributed by atoms with Crippen LogP contribution < -0.4 is 0 Å². The molecule has 0 aliphatic rings. The van der Waals surface area contributed by atoms with E-state index in [0.717, 1.165) is 16.3 Å². The molecule has 0 atom stereocenters. The summed E-state index contributed by atoms with van der Waals surface area (Å²) in [5.74, 6) is 0.575. The zero-order valence-corrected chi connectivity index (χ0v) is 15.6. The van der Waals surface area contributed by atoms with E-state index in [0.29, 0.717) is 17.0 Å². The van der Waals surface area contributed by atoms with Gasteiger partial charge in [0.25, 0.3) is 11.1 Å². The second-order valence-corrected chi connectivity index (χ2v) is 6.89. The summed E-state index contributed by atoms with van der Waals surface area (Å²) in [5.41, 5.74) is 1.59. The minimum absolute atomic E-state index is 0.0255. The number of rotatable bonds is 6. The zero-order chi connectivity index (χ0) is 19.8. The number of carbonyl (C=O) groups is 1. The topological polar surface area (TPSA) is 74.1 Å². The van der Waals surface area contributed by atoms with Crippen LogP contribution in [0.5, 0.6) is 0 Å². The highest BCUT2D eigenvalue weighted by molar-refractivity contribution is 7.99. The highest BCUT2D eigenvalue weighted by Crippen LogP contribution is 2.28. The number of alkyl halides is 3. The van der Waals surface area contributed by atoms with Gasteiger partial charge in [-0.1, -0.05) is 11.8 Å². The molecule has 0 aliphatic carbocycles. The van der Waals surface area contributed by atoms with Gasteiger partial charge in [-0.2, -0.15) is 13.2 Å². The third kappa shape index (κ3) is 4.26. The van der Waals surface area contributed by atoms with Gasteiger partial charge in [-0.3, -0.25) is 4.79 Å². The molecule has 0 bridgehead atoms. The van der Waals surface area contributed by atoms with Crippen molar-refractivity contribution in [3.63, 3.8) is 0 Å². The Hall–Kier alpha value is -2.49. The van der Waals surface area contributed by atoms with E-state index in [4.69, 9.17) is 8.83 Å². The lowest BCUT2D eigenvalue weighted by Crippen LogP contribution is -2.19. The molecule has 3 rings (SSSR count). The lowest BCUT2D eigenvalue weighted by atomic mass is 10.2. The van der Waals surface area contributed by atoms with Gasteiger partial charge in [0.05, 0.1) is 17.6 Å². The lowest BCUT2D eigenvalue weighted by molar-refractivity contribution is -0.141. The van der Waals surface area contributed by atoms with Crippen LogP contribution in [0.15, 0.2) is 32.5 Å². The normalized spacial score (nSPS) is 11.9. The molecule has 10 heteroatoms. The number of nitrogens with zero attached hydrogens (tertiary/aromatic N) is 3. The molecule has 3 aromatic rings. The Labute approximate surface area is 156 Å². The maximum Gasteiger partial charge on any atom is 0.406 e. The second kappa shape index (κ2) is 7.26. The summed E-state index contributed by atoms with van der Waals surface area (Å²) >= 11 is 1.03. The Balaban J connectivity index is 1.69. The summed E-state index contributed by atoms with van der Waals surface area (Å²) in [6.07, 6.45) is -2.85. The third-order valence-electron chi connectivity index (χ3n) is 4.03. The average Bonchev–Trinajstić information content (AvgIpc) is 3.27. The van der Waals surface area contributed by atoms with Crippen molar-refractivity contribution >= 4 is 17.5 Å². The molecule has 0 unspecified atom stereocenters. The van der Waals surface area contributed by atoms with E-state index < -0.39 is 12.7 Å². The average molecular weight is 399 g/mol. The summed E-state index contributed by atoms with van der Waals surface area (Å²) in [4.78, 5) is 12.4. The van der Waals surface area contributed by atoms with Crippen molar-refractivity contribution < 1.29 is 26.8 Å². The maximum absolute atomic E-state index is 12.7. The molecule has 0 saturated carbocycles. The number of halogens is 3. The maximum atomic E-state index is 12.7. The molecule has 0 amide bonds. The molecular formula is C17H16F3N3O3S. The highest BCUT2D eigenvalue weighted by atomic mass is 32.2. The van der Waals surface area contributed by atoms with Crippen LogP contribution in [0.3, 0.4) is 0 Å². The predicted octanol–water partition coefficient (Wildman–Crippen LogP) is 4.59. The molecule has 3 heterocycles. The van der Waals surface area contributed by atoms with Crippen LogP contribution in [0.1, 0.15) is 27.5 Å². The van der Waals surface area contributed by atoms with Crippen molar-refractivity contribution in [2.45, 2.75) is 38.7 Å². The van der Waals surface area contributed by atoms with Crippen LogP contribution in [0.4, 0.5) is 13.2 Å². The number of carbonyl (C=O) groups excluding carboxylic acids is 1. The summed E-state index contributed by atoms with van der Waals surface area (Å²) < 4.78 is 49.8. The van der Waals surface area contributed by atoms with Crippen molar-refractivity contribution in [2.75, 3.05) is 5.75 Å². The van der Waals surface area contributed by atoms with Crippen molar-refractivity contribution in [3.8, 4) is 11.5 Å². The molecule has 0 fully saturated rings. The summed E-state index contributed by atoms with van der Waals surface area (Å²) in [5, 5.41) is 7.98. The lowest BCUT2D eigenvalue weighted by Gasteiger charge is -2.12. The van der Waals surface area contributed by atoms with Gasteiger partial charge in [-0.15, -0.1) is 10.2 Å². The fourth-order valence-corrected chi connectivity index (χ4v) is 3.34. The van der Waals surface area contributed by atoms with Crippen LogP contribution in [-0.4, -0.2) is 32.5 Å². The minimum Gasteiger partial charge on any atom is -0.469 e. The molecular weight excluding hydrogens is 383 g/mol. The van der Waals surface area contributed by atoms with E-state index >= 15 is 0 Å². The first-order valence-electron chi connectivity index (χ1n) is 7.93. The van der Waals surface area contributed by atoms with Crippen molar-refractivity contribution in [3.05, 3.63) is 41.1 Å². The number of furan rings is 1. The molecule has 0 spiro atoms. The van der Waals surface area contributed by atoms with E-state index in [-0.39, 0.29) is 33.9 Å². The molecule has 3 aromatic heterocycles. The van der Waals surface area contributed by atoms with Crippen molar-refractivity contribution in [2.24, 2.45) is 0 Å². The van der Waals surface area contributed by atoms with Gasteiger partial charge in [0.1, 0.15) is 12.3 Å². The first-order valence-corrected chi connectivity index (χ1v) is 8.91. The fourth-order valence-electron chi connectivity index (χ4n) is 2.69. The van der Waals surface area contributed by atoms with E-state index in [1.807, 2.05) is 0 Å². The van der Waals surface area contributed by atoms with Gasteiger partial charge in [0, 0.05) is 17.0 Å². The first kappa shape index (κ1) is 19.3. The van der Waals surface area contributed by atoms with Gasteiger partial charge in [0.15, 0.2) is 5.78 Å². The van der Waals surface area contributed by atoms with E-state index in [9.17, 15) is 18.0 Å². The smallest absolute Gasteiger partial charge is 0.406 e. The van der Waals surface area contributed by atoms with Gasteiger partial charge >= 0.3 is 6.18 Å². The fraction of sp³-hybridized carbons (Fsp3) is 0.353. The molecule has 27 heavy (non-hydrogen) atoms. The van der Waals surface area contributed by atoms with Crippen molar-refractivity contribution in [1.82, 2.24) is 14.8 Å². The SMILES string of the molecule is Cc1occc1-c1nnc(SCC(=O)c2cc(C)n(CC(F)(F)F)c2C)o1. The van der Waals surface area contributed by atoms with Crippen LogP contribution in [0.25, 0.3) is 11.5 Å². The van der Waals surface area contributed by atoms with Crippen LogP contribution in [-0.2, 0) is 6.54 Å². The number of aryl methyl sites for hydroxylation is 2. The zero-order valence-electron chi connectivity index (χ0n) is 14.8. The molecule has 0 aliphatic heterocycles. The molecule has 0 saturated heterocycles. The number of ketones is 1. The molecule has 0 aromatic carbocycles. The van der Waals surface area contributed by atoms with Gasteiger partial charge < -0.3 is 13.4 Å². The van der Waals surface area contributed by atoms with Gasteiger partial charge in [-0.25, -0.2) is 0 Å². The Morgan fingerprint density at radius 2 is 2.00 bits per heavy atom. The largest absolute Gasteiger partial charge is 0.469 e. The van der Waals surface area contributed by atoms with E-state index in [1.54, 1.807) is 19.9 Å².